The van der Waals surface area contributed by atoms with E-state index in [1.54, 1.807) is 10.9 Å². The van der Waals surface area contributed by atoms with Crippen molar-refractivity contribution in [3.8, 4) is 5.88 Å². The van der Waals surface area contributed by atoms with Gasteiger partial charge in [0.15, 0.2) is 0 Å². The van der Waals surface area contributed by atoms with Crippen molar-refractivity contribution in [2.75, 3.05) is 0 Å². The van der Waals surface area contributed by atoms with Crippen molar-refractivity contribution in [3.05, 3.63) is 11.9 Å². The quantitative estimate of drug-likeness (QED) is 0.621. The molecule has 0 radical (unpaired) electrons. The van der Waals surface area contributed by atoms with Crippen LogP contribution in [0.2, 0.25) is 19.6 Å². The molecule has 0 atom stereocenters. The highest BCUT2D eigenvalue weighted by Crippen LogP contribution is 2.07. The van der Waals surface area contributed by atoms with E-state index in [4.69, 9.17) is 4.74 Å². The number of hydrogen-bond acceptors (Lipinski definition) is 6. The van der Waals surface area contributed by atoms with Crippen LogP contribution in [0, 0.1) is 0 Å². The Morgan fingerprint density at radius 2 is 2.16 bits per heavy atom. The number of H-pyrrole nitrogens is 1. The molecule has 0 saturated heterocycles. The van der Waals surface area contributed by atoms with Crippen LogP contribution < -0.4 is 10.1 Å². The summed E-state index contributed by atoms with van der Waals surface area (Å²) >= 11 is 0. The molecule has 2 aromatic rings. The van der Waals surface area contributed by atoms with Gasteiger partial charge >= 0.3 is 5.97 Å². The van der Waals surface area contributed by atoms with Crippen molar-refractivity contribution < 1.29 is 9.53 Å². The van der Waals surface area contributed by atoms with E-state index >= 15 is 0 Å². The topological polar surface area (TPSA) is 98.6 Å². The number of carbonyl (C=O) groups excluding carboxylic acids is 1. The molecule has 0 aliphatic heterocycles. The van der Waals surface area contributed by atoms with E-state index in [1.165, 1.54) is 6.92 Å². The third kappa shape index (κ3) is 3.25. The van der Waals surface area contributed by atoms with E-state index in [-0.39, 0.29) is 5.88 Å². The standard InChI is InChI=1S/C10H16N6O2Si/c1-7(17)18-9-6-16(15-12-9)5-8-10(13-14-11-8)19(2,3)4/h6H,5H2,1-4H3,(H,11,13,14). The second-order valence-corrected chi connectivity index (χ2v) is 10.2. The minimum atomic E-state index is -1.53. The summed E-state index contributed by atoms with van der Waals surface area (Å²) in [5.41, 5.74) is 0.846. The third-order valence-electron chi connectivity index (χ3n) is 2.45. The number of hydrogen-bond donors (Lipinski definition) is 1. The Hall–Kier alpha value is -2.03. The Labute approximate surface area is 111 Å². The molecule has 0 bridgehead atoms. The predicted molar refractivity (Wildman–Crippen MR) is 69.8 cm³/mol. The summed E-state index contributed by atoms with van der Waals surface area (Å²) < 4.78 is 6.41. The first-order chi connectivity index (χ1) is 8.86. The van der Waals surface area contributed by atoms with Gasteiger partial charge in [-0.15, -0.1) is 5.10 Å². The molecule has 2 aromatic heterocycles. The monoisotopic (exact) mass is 280 g/mol. The van der Waals surface area contributed by atoms with Crippen LogP contribution in [-0.4, -0.2) is 44.4 Å². The number of carbonyl (C=O) groups is 1. The van der Waals surface area contributed by atoms with Crippen molar-refractivity contribution in [1.82, 2.24) is 30.4 Å². The zero-order chi connectivity index (χ0) is 14.0. The Morgan fingerprint density at radius 3 is 2.79 bits per heavy atom. The number of nitrogens with zero attached hydrogens (tertiary/aromatic N) is 5. The maximum absolute atomic E-state index is 10.8. The van der Waals surface area contributed by atoms with Gasteiger partial charge < -0.3 is 4.74 Å². The molecule has 0 saturated carbocycles. The molecule has 0 aliphatic rings. The number of rotatable bonds is 4. The molecule has 19 heavy (non-hydrogen) atoms. The van der Waals surface area contributed by atoms with E-state index in [1.807, 2.05) is 0 Å². The minimum Gasteiger partial charge on any atom is -0.404 e. The number of aromatic nitrogens is 6. The first kappa shape index (κ1) is 13.4. The third-order valence-corrected chi connectivity index (χ3v) is 4.35. The highest BCUT2D eigenvalue weighted by Gasteiger charge is 2.24. The van der Waals surface area contributed by atoms with Gasteiger partial charge in [-0.25, -0.2) is 4.68 Å². The van der Waals surface area contributed by atoms with Crippen LogP contribution in [0.4, 0.5) is 0 Å². The Morgan fingerprint density at radius 1 is 1.42 bits per heavy atom. The average molecular weight is 280 g/mol. The van der Waals surface area contributed by atoms with Crippen molar-refractivity contribution in [1.29, 1.82) is 0 Å². The molecule has 0 aliphatic carbocycles. The summed E-state index contributed by atoms with van der Waals surface area (Å²) in [5.74, 6) is -0.234. The summed E-state index contributed by atoms with van der Waals surface area (Å²) in [5, 5.41) is 19.6. The van der Waals surface area contributed by atoms with Crippen molar-refractivity contribution in [2.45, 2.75) is 33.1 Å². The number of esters is 1. The molecular formula is C10H16N6O2Si. The van der Waals surface area contributed by atoms with E-state index in [0.717, 1.165) is 11.0 Å². The lowest BCUT2D eigenvalue weighted by atomic mass is 10.5. The van der Waals surface area contributed by atoms with E-state index in [2.05, 4.69) is 45.4 Å². The molecular weight excluding hydrogens is 264 g/mol. The lowest BCUT2D eigenvalue weighted by Gasteiger charge is -2.14. The predicted octanol–water partition coefficient (Wildman–Crippen LogP) is -0.0850. The van der Waals surface area contributed by atoms with Crippen LogP contribution >= 0.6 is 0 Å². The summed E-state index contributed by atoms with van der Waals surface area (Å²) in [7, 11) is -1.53. The fourth-order valence-electron chi connectivity index (χ4n) is 1.67. The fourth-order valence-corrected chi connectivity index (χ4v) is 3.05. The smallest absolute Gasteiger partial charge is 0.309 e. The van der Waals surface area contributed by atoms with E-state index in [0.29, 0.717) is 6.54 Å². The Kier molecular flexibility index (Phi) is 3.47. The van der Waals surface area contributed by atoms with Gasteiger partial charge in [-0.1, -0.05) is 35.2 Å². The molecule has 0 amide bonds. The van der Waals surface area contributed by atoms with E-state index in [9.17, 15) is 4.79 Å². The highest BCUT2D eigenvalue weighted by atomic mass is 28.3. The molecule has 8 nitrogen and oxygen atoms in total. The van der Waals surface area contributed by atoms with Gasteiger partial charge in [0.1, 0.15) is 13.8 Å². The molecule has 2 heterocycles. The molecule has 0 fully saturated rings. The lowest BCUT2D eigenvalue weighted by molar-refractivity contribution is -0.132. The van der Waals surface area contributed by atoms with Crippen LogP contribution in [0.15, 0.2) is 6.20 Å². The lowest BCUT2D eigenvalue weighted by Crippen LogP contribution is -2.41. The maximum Gasteiger partial charge on any atom is 0.309 e. The Balaban J connectivity index is 2.16. The average Bonchev–Trinajstić information content (AvgIpc) is 2.86. The second-order valence-electron chi connectivity index (χ2n) is 5.23. The van der Waals surface area contributed by atoms with Crippen LogP contribution in [0.25, 0.3) is 0 Å². The number of aromatic amines is 1. The van der Waals surface area contributed by atoms with Crippen LogP contribution in [0.1, 0.15) is 12.6 Å². The zero-order valence-electron chi connectivity index (χ0n) is 11.3. The normalized spacial score (nSPS) is 11.6. The van der Waals surface area contributed by atoms with Gasteiger partial charge in [-0.3, -0.25) is 9.89 Å². The van der Waals surface area contributed by atoms with E-state index < -0.39 is 14.0 Å². The van der Waals surface area contributed by atoms with Crippen LogP contribution in [0.3, 0.4) is 0 Å². The maximum atomic E-state index is 10.8. The molecule has 9 heteroatoms. The largest absolute Gasteiger partial charge is 0.404 e. The van der Waals surface area contributed by atoms with Crippen molar-refractivity contribution in [2.24, 2.45) is 0 Å². The first-order valence-corrected chi connectivity index (χ1v) is 9.35. The van der Waals surface area contributed by atoms with Gasteiger partial charge in [0.2, 0.25) is 0 Å². The molecule has 2 rings (SSSR count). The SMILES string of the molecule is CC(=O)Oc1cn(Cc2nn[nH]c2[Si](C)(C)C)nn1. The van der Waals surface area contributed by atoms with Gasteiger partial charge in [-0.2, -0.15) is 0 Å². The zero-order valence-corrected chi connectivity index (χ0v) is 12.3. The summed E-state index contributed by atoms with van der Waals surface area (Å²) in [6.45, 7) is 8.39. The van der Waals surface area contributed by atoms with Gasteiger partial charge in [-0.05, 0) is 0 Å². The highest BCUT2D eigenvalue weighted by molar-refractivity contribution is 6.88. The summed E-state index contributed by atoms with van der Waals surface area (Å²) in [6, 6.07) is 0. The van der Waals surface area contributed by atoms with Crippen LogP contribution in [0.5, 0.6) is 5.88 Å². The number of ether oxygens (including phenoxy) is 1. The second kappa shape index (κ2) is 4.92. The first-order valence-electron chi connectivity index (χ1n) is 5.85. The minimum absolute atomic E-state index is 0.186. The van der Waals surface area contributed by atoms with Gasteiger partial charge in [0.25, 0.3) is 5.88 Å². The fraction of sp³-hybridized carbons (Fsp3) is 0.500. The summed E-state index contributed by atoms with van der Waals surface area (Å²) in [4.78, 5) is 10.8. The van der Waals surface area contributed by atoms with Gasteiger partial charge in [0.05, 0.1) is 12.7 Å². The Bertz CT molecular complexity index is 585. The van der Waals surface area contributed by atoms with Crippen molar-refractivity contribution in [3.63, 3.8) is 0 Å². The molecule has 0 aromatic carbocycles. The molecule has 0 unspecified atom stereocenters. The molecule has 0 spiro atoms. The molecule has 1 N–H and O–H groups in total. The van der Waals surface area contributed by atoms with Crippen molar-refractivity contribution >= 4 is 19.4 Å². The number of nitrogens with one attached hydrogen (secondary N) is 1. The molecule has 102 valence electrons. The van der Waals surface area contributed by atoms with Crippen LogP contribution in [-0.2, 0) is 11.3 Å². The van der Waals surface area contributed by atoms with Gasteiger partial charge in [0, 0.05) is 12.2 Å². The summed E-state index contributed by atoms with van der Waals surface area (Å²) in [6.07, 6.45) is 1.56.